The molecule has 0 bridgehead atoms. The molecule has 0 radical (unpaired) electrons. The van der Waals surface area contributed by atoms with Crippen LogP contribution in [0.5, 0.6) is 0 Å². The summed E-state index contributed by atoms with van der Waals surface area (Å²) in [6.07, 6.45) is 0. The van der Waals surface area contributed by atoms with Gasteiger partial charge in [-0.05, 0) is 11.4 Å². The second-order valence-corrected chi connectivity index (χ2v) is 5.64. The number of rotatable bonds is 2. The van der Waals surface area contributed by atoms with Gasteiger partial charge in [0.1, 0.15) is 11.5 Å². The molecule has 0 saturated heterocycles. The highest BCUT2D eigenvalue weighted by Crippen LogP contribution is 2.29. The maximum Gasteiger partial charge on any atom is 0.160 e. The number of fused-ring (bicyclic) bond motifs is 3. The summed E-state index contributed by atoms with van der Waals surface area (Å²) in [5.41, 5.74) is 9.01. The third-order valence-corrected chi connectivity index (χ3v) is 4.41. The Hall–Kier alpha value is -2.31. The summed E-state index contributed by atoms with van der Waals surface area (Å²) in [5, 5.41) is 11.5. The lowest BCUT2D eigenvalue weighted by Gasteiger charge is -2.07. The SMILES string of the molecule is NCc1nnc2n1-c1sccc1C(c1ccccc1)=NC2. The van der Waals surface area contributed by atoms with E-state index in [2.05, 4.69) is 33.8 Å². The molecule has 104 valence electrons. The number of aliphatic imine (C=N–C) groups is 1. The van der Waals surface area contributed by atoms with Gasteiger partial charge in [-0.3, -0.25) is 9.56 Å². The fraction of sp³-hybridized carbons (Fsp3) is 0.133. The van der Waals surface area contributed by atoms with Crippen LogP contribution in [0.25, 0.3) is 5.00 Å². The van der Waals surface area contributed by atoms with Crippen molar-refractivity contribution in [3.8, 4) is 5.00 Å². The minimum Gasteiger partial charge on any atom is -0.324 e. The summed E-state index contributed by atoms with van der Waals surface area (Å²) in [5.74, 6) is 1.61. The molecule has 3 aromatic rings. The van der Waals surface area contributed by atoms with Crippen LogP contribution in [0.15, 0.2) is 46.8 Å². The van der Waals surface area contributed by atoms with E-state index in [0.717, 1.165) is 33.5 Å². The first-order valence-electron chi connectivity index (χ1n) is 6.70. The van der Waals surface area contributed by atoms with Crippen LogP contribution in [0, 0.1) is 0 Å². The fourth-order valence-electron chi connectivity index (χ4n) is 2.56. The number of aromatic nitrogens is 3. The molecular formula is C15H13N5S. The highest BCUT2D eigenvalue weighted by Gasteiger charge is 2.23. The van der Waals surface area contributed by atoms with Gasteiger partial charge in [-0.15, -0.1) is 21.5 Å². The van der Waals surface area contributed by atoms with Gasteiger partial charge in [0.15, 0.2) is 11.6 Å². The van der Waals surface area contributed by atoms with Crippen molar-refractivity contribution in [2.24, 2.45) is 10.7 Å². The second kappa shape index (κ2) is 4.91. The summed E-state index contributed by atoms with van der Waals surface area (Å²) in [6.45, 7) is 0.879. The molecule has 5 nitrogen and oxygen atoms in total. The molecule has 0 fully saturated rings. The molecule has 0 unspecified atom stereocenters. The largest absolute Gasteiger partial charge is 0.324 e. The Labute approximate surface area is 125 Å². The van der Waals surface area contributed by atoms with Crippen molar-refractivity contribution >= 4 is 17.0 Å². The number of thiophene rings is 1. The van der Waals surface area contributed by atoms with E-state index in [1.807, 2.05) is 22.8 Å². The Balaban J connectivity index is 1.94. The molecule has 1 aromatic carbocycles. The highest BCUT2D eigenvalue weighted by atomic mass is 32.1. The molecule has 1 aliphatic rings. The topological polar surface area (TPSA) is 69.1 Å². The van der Waals surface area contributed by atoms with E-state index in [4.69, 9.17) is 10.7 Å². The zero-order chi connectivity index (χ0) is 14.2. The van der Waals surface area contributed by atoms with E-state index in [1.165, 1.54) is 0 Å². The number of nitrogens with two attached hydrogens (primary N) is 1. The Morgan fingerprint density at radius 2 is 2.00 bits per heavy atom. The minimum absolute atomic E-state index is 0.366. The Kier molecular flexibility index (Phi) is 2.90. The lowest BCUT2D eigenvalue weighted by Crippen LogP contribution is -2.09. The van der Waals surface area contributed by atoms with Crippen LogP contribution >= 0.6 is 11.3 Å². The molecule has 2 aromatic heterocycles. The molecule has 1 aliphatic heterocycles. The van der Waals surface area contributed by atoms with Gasteiger partial charge in [0.2, 0.25) is 0 Å². The normalized spacial score (nSPS) is 13.3. The van der Waals surface area contributed by atoms with Crippen molar-refractivity contribution in [3.05, 3.63) is 64.6 Å². The van der Waals surface area contributed by atoms with Crippen molar-refractivity contribution in [2.75, 3.05) is 0 Å². The summed E-state index contributed by atoms with van der Waals surface area (Å²) >= 11 is 1.66. The van der Waals surface area contributed by atoms with Gasteiger partial charge in [-0.25, -0.2) is 0 Å². The van der Waals surface area contributed by atoms with Crippen LogP contribution in [0.2, 0.25) is 0 Å². The van der Waals surface area contributed by atoms with Gasteiger partial charge >= 0.3 is 0 Å². The van der Waals surface area contributed by atoms with Crippen LogP contribution in [-0.4, -0.2) is 20.5 Å². The molecule has 0 aliphatic carbocycles. The van der Waals surface area contributed by atoms with Crippen LogP contribution in [0.3, 0.4) is 0 Å². The predicted octanol–water partition coefficient (Wildman–Crippen LogP) is 2.14. The Morgan fingerprint density at radius 1 is 1.14 bits per heavy atom. The lowest BCUT2D eigenvalue weighted by atomic mass is 10.0. The third-order valence-electron chi connectivity index (χ3n) is 3.51. The van der Waals surface area contributed by atoms with E-state index in [1.54, 1.807) is 11.3 Å². The minimum atomic E-state index is 0.366. The van der Waals surface area contributed by atoms with Crippen LogP contribution < -0.4 is 5.73 Å². The maximum absolute atomic E-state index is 5.78. The molecule has 0 atom stereocenters. The molecule has 0 spiro atoms. The number of benzene rings is 1. The summed E-state index contributed by atoms with van der Waals surface area (Å²) in [7, 11) is 0. The highest BCUT2D eigenvalue weighted by molar-refractivity contribution is 7.13. The predicted molar refractivity (Wildman–Crippen MR) is 82.9 cm³/mol. The summed E-state index contributed by atoms with van der Waals surface area (Å²) < 4.78 is 2.04. The Bertz CT molecular complexity index is 816. The number of hydrogen-bond acceptors (Lipinski definition) is 5. The van der Waals surface area contributed by atoms with Gasteiger partial charge < -0.3 is 5.73 Å². The zero-order valence-corrected chi connectivity index (χ0v) is 12.0. The second-order valence-electron chi connectivity index (χ2n) is 4.74. The molecule has 0 saturated carbocycles. The van der Waals surface area contributed by atoms with Crippen LogP contribution in [0.1, 0.15) is 22.8 Å². The van der Waals surface area contributed by atoms with E-state index < -0.39 is 0 Å². The summed E-state index contributed by atoms with van der Waals surface area (Å²) in [6, 6.07) is 12.3. The van der Waals surface area contributed by atoms with Gasteiger partial charge in [-0.1, -0.05) is 30.3 Å². The lowest BCUT2D eigenvalue weighted by molar-refractivity contribution is 0.837. The fourth-order valence-corrected chi connectivity index (χ4v) is 3.50. The summed E-state index contributed by atoms with van der Waals surface area (Å²) in [4.78, 5) is 4.76. The van der Waals surface area contributed by atoms with Crippen molar-refractivity contribution in [3.63, 3.8) is 0 Å². The first-order valence-corrected chi connectivity index (χ1v) is 7.58. The molecule has 4 rings (SSSR count). The van der Waals surface area contributed by atoms with Gasteiger partial charge in [0.05, 0.1) is 12.3 Å². The molecule has 0 amide bonds. The number of hydrogen-bond donors (Lipinski definition) is 1. The standard InChI is InChI=1S/C15H13N5S/c16-8-12-18-19-13-9-17-14(10-4-2-1-3-5-10)11-6-7-21-15(11)20(12)13/h1-7H,8-9,16H2. The number of nitrogens with zero attached hydrogens (tertiary/aromatic N) is 4. The maximum atomic E-state index is 5.78. The average Bonchev–Trinajstić information content (AvgIpc) is 3.12. The average molecular weight is 295 g/mol. The monoisotopic (exact) mass is 295 g/mol. The van der Waals surface area contributed by atoms with Gasteiger partial charge in [0, 0.05) is 11.1 Å². The van der Waals surface area contributed by atoms with E-state index in [-0.39, 0.29) is 0 Å². The molecule has 2 N–H and O–H groups in total. The van der Waals surface area contributed by atoms with Crippen LogP contribution in [-0.2, 0) is 13.1 Å². The molecule has 6 heteroatoms. The molecule has 3 heterocycles. The first-order chi connectivity index (χ1) is 10.4. The van der Waals surface area contributed by atoms with Gasteiger partial charge in [-0.2, -0.15) is 0 Å². The van der Waals surface area contributed by atoms with Crippen molar-refractivity contribution in [1.29, 1.82) is 0 Å². The van der Waals surface area contributed by atoms with Crippen LogP contribution in [0.4, 0.5) is 0 Å². The smallest absolute Gasteiger partial charge is 0.160 e. The van der Waals surface area contributed by atoms with E-state index >= 15 is 0 Å². The van der Waals surface area contributed by atoms with Crippen molar-refractivity contribution < 1.29 is 0 Å². The van der Waals surface area contributed by atoms with E-state index in [9.17, 15) is 0 Å². The molecule has 21 heavy (non-hydrogen) atoms. The molecular weight excluding hydrogens is 282 g/mol. The van der Waals surface area contributed by atoms with Crippen molar-refractivity contribution in [1.82, 2.24) is 14.8 Å². The van der Waals surface area contributed by atoms with Crippen molar-refractivity contribution in [2.45, 2.75) is 13.1 Å². The first kappa shape index (κ1) is 12.4. The third kappa shape index (κ3) is 1.91. The quantitative estimate of drug-likeness (QED) is 0.787. The Morgan fingerprint density at radius 3 is 2.81 bits per heavy atom. The zero-order valence-electron chi connectivity index (χ0n) is 11.2. The van der Waals surface area contributed by atoms with E-state index in [0.29, 0.717) is 13.1 Å². The van der Waals surface area contributed by atoms with Gasteiger partial charge in [0.25, 0.3) is 0 Å².